The Morgan fingerprint density at radius 3 is 1.38 bits per heavy atom. The second-order valence-corrected chi connectivity index (χ2v) is 3.05. The summed E-state index contributed by atoms with van der Waals surface area (Å²) in [6.45, 7) is 0. The second kappa shape index (κ2) is 4.44. The molecular weight excluding hydrogens is 208 g/mol. The van der Waals surface area contributed by atoms with E-state index < -0.39 is 0 Å². The van der Waals surface area contributed by atoms with Crippen molar-refractivity contribution >= 4 is 24.7 Å². The number of rotatable bonds is 4. The monoisotopic (exact) mass is 216 g/mol. The Bertz CT molecular complexity index is 482. The molecule has 0 aliphatic rings. The van der Waals surface area contributed by atoms with Gasteiger partial charge in [-0.05, 0) is 36.4 Å². The third-order valence-corrected chi connectivity index (χ3v) is 1.94. The van der Waals surface area contributed by atoms with Crippen LogP contribution < -0.4 is 0 Å². The third kappa shape index (κ3) is 2.17. The number of carbonyl (C=O) groups excluding carboxylic acids is 2. The normalized spacial score (nSPS) is 10.8. The molecule has 0 unspecified atom stereocenters. The Balaban J connectivity index is 2.13. The predicted octanol–water partition coefficient (Wildman–Crippen LogP) is 2.67. The van der Waals surface area contributed by atoms with Gasteiger partial charge in [-0.15, -0.1) is 0 Å². The summed E-state index contributed by atoms with van der Waals surface area (Å²) in [6, 6.07) is 6.49. The largest absolute Gasteiger partial charge is 0.454 e. The summed E-state index contributed by atoms with van der Waals surface area (Å²) in [6.07, 6.45) is 4.57. The van der Waals surface area contributed by atoms with Crippen molar-refractivity contribution in [2.24, 2.45) is 0 Å². The van der Waals surface area contributed by atoms with E-state index in [1.54, 1.807) is 36.4 Å². The number of hydrogen-bond donors (Lipinski definition) is 0. The molecule has 0 aliphatic heterocycles. The van der Waals surface area contributed by atoms with Crippen molar-refractivity contribution in [3.05, 3.63) is 47.3 Å². The SMILES string of the molecule is O=Cc1ccc(C=Cc2ccc(C=O)o2)o1. The van der Waals surface area contributed by atoms with Gasteiger partial charge in [0, 0.05) is 0 Å². The van der Waals surface area contributed by atoms with Crippen LogP contribution in [-0.2, 0) is 0 Å². The molecule has 4 heteroatoms. The Kier molecular flexibility index (Phi) is 2.82. The summed E-state index contributed by atoms with van der Waals surface area (Å²) >= 11 is 0. The fourth-order valence-electron chi connectivity index (χ4n) is 1.21. The fraction of sp³-hybridized carbons (Fsp3) is 0. The van der Waals surface area contributed by atoms with E-state index in [9.17, 15) is 9.59 Å². The molecule has 2 aromatic heterocycles. The van der Waals surface area contributed by atoms with E-state index in [0.717, 1.165) is 0 Å². The first-order chi connectivity index (χ1) is 7.81. The van der Waals surface area contributed by atoms with Crippen molar-refractivity contribution in [2.75, 3.05) is 0 Å². The molecule has 0 N–H and O–H groups in total. The number of aldehydes is 2. The van der Waals surface area contributed by atoms with Gasteiger partial charge in [-0.25, -0.2) is 0 Å². The Labute approximate surface area is 91.2 Å². The molecule has 0 amide bonds. The molecule has 2 aromatic rings. The van der Waals surface area contributed by atoms with Crippen LogP contribution in [0.5, 0.6) is 0 Å². The lowest BCUT2D eigenvalue weighted by molar-refractivity contribution is 0.109. The number of hydrogen-bond acceptors (Lipinski definition) is 4. The van der Waals surface area contributed by atoms with E-state index in [2.05, 4.69) is 0 Å². The van der Waals surface area contributed by atoms with E-state index in [-0.39, 0.29) is 11.5 Å². The first-order valence-electron chi connectivity index (χ1n) is 4.60. The first kappa shape index (κ1) is 10.2. The van der Waals surface area contributed by atoms with Gasteiger partial charge >= 0.3 is 0 Å². The van der Waals surface area contributed by atoms with Crippen molar-refractivity contribution in [2.45, 2.75) is 0 Å². The molecule has 0 atom stereocenters. The zero-order chi connectivity index (χ0) is 11.4. The Morgan fingerprint density at radius 1 is 0.688 bits per heavy atom. The van der Waals surface area contributed by atoms with Gasteiger partial charge in [0.25, 0.3) is 0 Å². The lowest BCUT2D eigenvalue weighted by Gasteiger charge is -1.85. The highest BCUT2D eigenvalue weighted by Gasteiger charge is 1.99. The highest BCUT2D eigenvalue weighted by atomic mass is 16.4. The zero-order valence-electron chi connectivity index (χ0n) is 8.25. The average Bonchev–Trinajstić information content (AvgIpc) is 2.95. The minimum Gasteiger partial charge on any atom is -0.454 e. The highest BCUT2D eigenvalue weighted by molar-refractivity contribution is 5.74. The second-order valence-electron chi connectivity index (χ2n) is 3.05. The van der Waals surface area contributed by atoms with Crippen molar-refractivity contribution in [1.29, 1.82) is 0 Å². The van der Waals surface area contributed by atoms with E-state index in [1.165, 1.54) is 0 Å². The molecule has 2 heterocycles. The molecule has 0 radical (unpaired) electrons. The maximum absolute atomic E-state index is 10.4. The van der Waals surface area contributed by atoms with Gasteiger partial charge < -0.3 is 8.83 Å². The lowest BCUT2D eigenvalue weighted by atomic mass is 10.3. The summed E-state index contributed by atoms with van der Waals surface area (Å²) in [5.41, 5.74) is 0. The van der Waals surface area contributed by atoms with Crippen LogP contribution in [0.25, 0.3) is 12.2 Å². The zero-order valence-corrected chi connectivity index (χ0v) is 8.25. The minimum atomic E-state index is 0.271. The smallest absolute Gasteiger partial charge is 0.185 e. The summed E-state index contributed by atoms with van der Waals surface area (Å²) < 4.78 is 10.2. The molecule has 4 nitrogen and oxygen atoms in total. The van der Waals surface area contributed by atoms with Crippen LogP contribution in [0, 0.1) is 0 Å². The maximum Gasteiger partial charge on any atom is 0.185 e. The van der Waals surface area contributed by atoms with Gasteiger partial charge in [-0.2, -0.15) is 0 Å². The van der Waals surface area contributed by atoms with Crippen molar-refractivity contribution in [3.63, 3.8) is 0 Å². The summed E-state index contributed by atoms with van der Waals surface area (Å²) in [5, 5.41) is 0. The molecule has 2 rings (SSSR count). The Hall–Kier alpha value is -2.36. The molecule has 80 valence electrons. The van der Waals surface area contributed by atoms with Crippen molar-refractivity contribution < 1.29 is 18.4 Å². The summed E-state index contributed by atoms with van der Waals surface area (Å²) in [5.74, 6) is 1.64. The average molecular weight is 216 g/mol. The molecule has 0 aromatic carbocycles. The number of carbonyl (C=O) groups is 2. The van der Waals surface area contributed by atoms with Crippen LogP contribution in [0.4, 0.5) is 0 Å². The molecule has 0 bridgehead atoms. The van der Waals surface area contributed by atoms with Crippen LogP contribution in [-0.4, -0.2) is 12.6 Å². The van der Waals surface area contributed by atoms with Crippen molar-refractivity contribution in [3.8, 4) is 0 Å². The van der Waals surface area contributed by atoms with Gasteiger partial charge in [-0.1, -0.05) is 0 Å². The summed E-state index contributed by atoms with van der Waals surface area (Å²) in [7, 11) is 0. The van der Waals surface area contributed by atoms with E-state index in [1.807, 2.05) is 0 Å². The van der Waals surface area contributed by atoms with Gasteiger partial charge in [0.2, 0.25) is 0 Å². The van der Waals surface area contributed by atoms with Crippen LogP contribution in [0.2, 0.25) is 0 Å². The molecule has 0 saturated heterocycles. The minimum absolute atomic E-state index is 0.271. The van der Waals surface area contributed by atoms with Crippen LogP contribution in [0.15, 0.2) is 33.1 Å². The fourth-order valence-corrected chi connectivity index (χ4v) is 1.21. The third-order valence-electron chi connectivity index (χ3n) is 1.94. The topological polar surface area (TPSA) is 60.4 Å². The van der Waals surface area contributed by atoms with Crippen molar-refractivity contribution in [1.82, 2.24) is 0 Å². The predicted molar refractivity (Wildman–Crippen MR) is 57.1 cm³/mol. The van der Waals surface area contributed by atoms with E-state index >= 15 is 0 Å². The molecule has 16 heavy (non-hydrogen) atoms. The van der Waals surface area contributed by atoms with E-state index in [4.69, 9.17) is 8.83 Å². The standard InChI is InChI=1S/C12H8O4/c13-7-11-5-3-9(15-11)1-2-10-4-6-12(8-14)16-10/h1-8H. The molecule has 0 aliphatic carbocycles. The Morgan fingerprint density at radius 2 is 1.06 bits per heavy atom. The highest BCUT2D eigenvalue weighted by Crippen LogP contribution is 2.12. The maximum atomic E-state index is 10.4. The van der Waals surface area contributed by atoms with Gasteiger partial charge in [0.1, 0.15) is 11.5 Å². The van der Waals surface area contributed by atoms with Gasteiger partial charge in [0.15, 0.2) is 24.1 Å². The molecule has 0 fully saturated rings. The first-order valence-corrected chi connectivity index (χ1v) is 4.60. The molecule has 0 saturated carbocycles. The van der Waals surface area contributed by atoms with Gasteiger partial charge in [0.05, 0.1) is 0 Å². The summed E-state index contributed by atoms with van der Waals surface area (Å²) in [4.78, 5) is 20.7. The quantitative estimate of drug-likeness (QED) is 0.737. The molecule has 0 spiro atoms. The van der Waals surface area contributed by atoms with Crippen LogP contribution >= 0.6 is 0 Å². The number of furan rings is 2. The van der Waals surface area contributed by atoms with Crippen LogP contribution in [0.1, 0.15) is 32.6 Å². The van der Waals surface area contributed by atoms with Gasteiger partial charge in [-0.3, -0.25) is 9.59 Å². The van der Waals surface area contributed by atoms with Crippen LogP contribution in [0.3, 0.4) is 0 Å². The lowest BCUT2D eigenvalue weighted by Crippen LogP contribution is -1.69. The molecular formula is C12H8O4. The van der Waals surface area contributed by atoms with E-state index in [0.29, 0.717) is 24.1 Å².